The lowest BCUT2D eigenvalue weighted by molar-refractivity contribution is -0.135. The Morgan fingerprint density at radius 1 is 1.45 bits per heavy atom. The standard InChI is InChI=1S/C6H14O4Si/c1-4-11(9-2,10-3)5-6(7)8/h4-5H2,1-3H3,(H,7,8). The Balaban J connectivity index is 4.16. The van der Waals surface area contributed by atoms with Crippen LogP contribution in [-0.2, 0) is 13.6 Å². The van der Waals surface area contributed by atoms with Gasteiger partial charge in [0, 0.05) is 14.2 Å². The molecule has 1 N–H and O–H groups in total. The zero-order chi connectivity index (χ0) is 8.91. The minimum absolute atomic E-state index is 0.0104. The van der Waals surface area contributed by atoms with Crippen LogP contribution in [-0.4, -0.2) is 33.9 Å². The average molecular weight is 178 g/mol. The molecule has 0 aromatic rings. The lowest BCUT2D eigenvalue weighted by Gasteiger charge is -2.23. The van der Waals surface area contributed by atoms with Crippen molar-refractivity contribution < 1.29 is 18.8 Å². The Morgan fingerprint density at radius 2 is 1.91 bits per heavy atom. The highest BCUT2D eigenvalue weighted by Crippen LogP contribution is 2.16. The van der Waals surface area contributed by atoms with E-state index < -0.39 is 14.5 Å². The molecule has 0 rings (SSSR count). The van der Waals surface area contributed by atoms with E-state index in [4.69, 9.17) is 14.0 Å². The van der Waals surface area contributed by atoms with Gasteiger partial charge in [-0.15, -0.1) is 0 Å². The van der Waals surface area contributed by atoms with Crippen molar-refractivity contribution >= 4 is 14.5 Å². The Bertz CT molecular complexity index is 124. The average Bonchev–Trinajstić information content (AvgIpc) is 2.00. The Hall–Kier alpha value is -0.393. The van der Waals surface area contributed by atoms with Crippen LogP contribution in [0.15, 0.2) is 0 Å². The van der Waals surface area contributed by atoms with Gasteiger partial charge in [-0.1, -0.05) is 6.92 Å². The van der Waals surface area contributed by atoms with E-state index in [0.29, 0.717) is 6.04 Å². The van der Waals surface area contributed by atoms with Crippen molar-refractivity contribution in [2.24, 2.45) is 0 Å². The molecule has 0 aliphatic carbocycles. The first-order valence-electron chi connectivity index (χ1n) is 3.42. The first-order valence-corrected chi connectivity index (χ1v) is 5.65. The first-order chi connectivity index (χ1) is 5.10. The summed E-state index contributed by atoms with van der Waals surface area (Å²) in [7, 11) is 0.624. The van der Waals surface area contributed by atoms with Gasteiger partial charge in [-0.25, -0.2) is 0 Å². The van der Waals surface area contributed by atoms with E-state index in [9.17, 15) is 4.79 Å². The number of aliphatic carboxylic acids is 1. The molecule has 5 heteroatoms. The van der Waals surface area contributed by atoms with Gasteiger partial charge in [0.15, 0.2) is 0 Å². The van der Waals surface area contributed by atoms with Crippen LogP contribution < -0.4 is 0 Å². The van der Waals surface area contributed by atoms with Gasteiger partial charge in [0.25, 0.3) is 0 Å². The summed E-state index contributed by atoms with van der Waals surface area (Å²) in [6, 6.07) is 0.669. The molecule has 0 aliphatic rings. The van der Waals surface area contributed by atoms with Gasteiger partial charge in [0.05, 0.1) is 6.04 Å². The molecule has 0 aromatic heterocycles. The quantitative estimate of drug-likeness (QED) is 0.633. The predicted octanol–water partition coefficient (Wildman–Crippen LogP) is 0.826. The summed E-state index contributed by atoms with van der Waals surface area (Å²) in [6.07, 6.45) is 0. The van der Waals surface area contributed by atoms with E-state index in [0.717, 1.165) is 0 Å². The molecule has 0 amide bonds. The summed E-state index contributed by atoms with van der Waals surface area (Å²) in [5.41, 5.74) is 0. The van der Waals surface area contributed by atoms with E-state index in [1.807, 2.05) is 6.92 Å². The monoisotopic (exact) mass is 178 g/mol. The normalized spacial score (nSPS) is 11.5. The number of carboxylic acid groups (broad SMARTS) is 1. The molecule has 4 nitrogen and oxygen atoms in total. The molecule has 0 fully saturated rings. The minimum atomic E-state index is -2.38. The molecule has 0 unspecified atom stereocenters. The highest BCUT2D eigenvalue weighted by molar-refractivity contribution is 6.70. The van der Waals surface area contributed by atoms with Crippen molar-refractivity contribution in [2.75, 3.05) is 14.2 Å². The highest BCUT2D eigenvalue weighted by atomic mass is 28.4. The van der Waals surface area contributed by atoms with Gasteiger partial charge < -0.3 is 14.0 Å². The molecule has 0 heterocycles. The zero-order valence-corrected chi connectivity index (χ0v) is 8.09. The predicted molar refractivity (Wildman–Crippen MR) is 42.7 cm³/mol. The SMILES string of the molecule is CC[Si](CC(=O)O)(OC)OC. The van der Waals surface area contributed by atoms with Gasteiger partial charge in [-0.05, 0) is 6.04 Å². The van der Waals surface area contributed by atoms with E-state index >= 15 is 0 Å². The van der Waals surface area contributed by atoms with Gasteiger partial charge >= 0.3 is 14.5 Å². The van der Waals surface area contributed by atoms with Crippen LogP contribution in [0.1, 0.15) is 6.92 Å². The third kappa shape index (κ3) is 3.00. The minimum Gasteiger partial charge on any atom is -0.481 e. The fourth-order valence-electron chi connectivity index (χ4n) is 0.872. The summed E-state index contributed by atoms with van der Waals surface area (Å²) in [5, 5.41) is 8.52. The molecule has 0 saturated heterocycles. The number of hydrogen-bond donors (Lipinski definition) is 1. The van der Waals surface area contributed by atoms with E-state index in [1.54, 1.807) is 0 Å². The van der Waals surface area contributed by atoms with Crippen molar-refractivity contribution in [2.45, 2.75) is 19.0 Å². The Kier molecular flexibility index (Phi) is 4.32. The number of hydrogen-bond acceptors (Lipinski definition) is 3. The molecule has 0 bridgehead atoms. The maximum absolute atomic E-state index is 10.4. The maximum Gasteiger partial charge on any atom is 0.348 e. The molecular formula is C6H14O4Si. The molecule has 11 heavy (non-hydrogen) atoms. The third-order valence-electron chi connectivity index (χ3n) is 1.70. The summed E-state index contributed by atoms with van der Waals surface area (Å²) in [4.78, 5) is 10.4. The molecule has 66 valence electrons. The highest BCUT2D eigenvalue weighted by Gasteiger charge is 2.36. The van der Waals surface area contributed by atoms with Gasteiger partial charge in [0.2, 0.25) is 0 Å². The lowest BCUT2D eigenvalue weighted by Crippen LogP contribution is -2.41. The number of carbonyl (C=O) groups is 1. The third-order valence-corrected chi connectivity index (χ3v) is 5.11. The second-order valence-electron chi connectivity index (χ2n) is 2.24. The first kappa shape index (κ1) is 10.6. The number of rotatable bonds is 5. The van der Waals surface area contributed by atoms with Crippen LogP contribution in [0.25, 0.3) is 0 Å². The van der Waals surface area contributed by atoms with Crippen LogP contribution in [0.5, 0.6) is 0 Å². The Morgan fingerprint density at radius 3 is 2.00 bits per heavy atom. The molecule has 0 spiro atoms. The van der Waals surface area contributed by atoms with E-state index in [1.165, 1.54) is 14.2 Å². The molecule has 0 saturated carbocycles. The van der Waals surface area contributed by atoms with Crippen LogP contribution >= 0.6 is 0 Å². The van der Waals surface area contributed by atoms with Crippen molar-refractivity contribution in [3.63, 3.8) is 0 Å². The van der Waals surface area contributed by atoms with Crippen molar-refractivity contribution in [1.29, 1.82) is 0 Å². The summed E-state index contributed by atoms with van der Waals surface area (Å²) < 4.78 is 10.2. The van der Waals surface area contributed by atoms with E-state index in [-0.39, 0.29) is 6.04 Å². The zero-order valence-electron chi connectivity index (χ0n) is 7.09. The van der Waals surface area contributed by atoms with E-state index in [2.05, 4.69) is 0 Å². The smallest absolute Gasteiger partial charge is 0.348 e. The van der Waals surface area contributed by atoms with Crippen molar-refractivity contribution in [3.05, 3.63) is 0 Å². The maximum atomic E-state index is 10.4. The van der Waals surface area contributed by atoms with Crippen LogP contribution in [0.2, 0.25) is 12.1 Å². The fourth-order valence-corrected chi connectivity index (χ4v) is 2.62. The van der Waals surface area contributed by atoms with Gasteiger partial charge in [-0.2, -0.15) is 0 Å². The number of carboxylic acids is 1. The van der Waals surface area contributed by atoms with Crippen molar-refractivity contribution in [3.8, 4) is 0 Å². The van der Waals surface area contributed by atoms with Crippen LogP contribution in [0.4, 0.5) is 0 Å². The fraction of sp³-hybridized carbons (Fsp3) is 0.833. The molecule has 0 radical (unpaired) electrons. The summed E-state index contributed by atoms with van der Waals surface area (Å²) in [6.45, 7) is 1.88. The Labute approximate surface area is 67.4 Å². The molecule has 0 atom stereocenters. The molecular weight excluding hydrogens is 164 g/mol. The second-order valence-corrected chi connectivity index (χ2v) is 5.94. The largest absolute Gasteiger partial charge is 0.481 e. The summed E-state index contributed by atoms with van der Waals surface area (Å²) >= 11 is 0. The topological polar surface area (TPSA) is 55.8 Å². The molecule has 0 aromatic carbocycles. The van der Waals surface area contributed by atoms with Crippen LogP contribution in [0, 0.1) is 0 Å². The van der Waals surface area contributed by atoms with Gasteiger partial charge in [0.1, 0.15) is 0 Å². The second kappa shape index (κ2) is 4.48. The lowest BCUT2D eigenvalue weighted by atomic mass is 10.8. The van der Waals surface area contributed by atoms with Crippen LogP contribution in [0.3, 0.4) is 0 Å². The molecule has 0 aliphatic heterocycles. The van der Waals surface area contributed by atoms with Gasteiger partial charge in [-0.3, -0.25) is 4.79 Å². The van der Waals surface area contributed by atoms with Crippen molar-refractivity contribution in [1.82, 2.24) is 0 Å². The summed E-state index contributed by atoms with van der Waals surface area (Å²) in [5.74, 6) is -0.859.